The van der Waals surface area contributed by atoms with Crippen LogP contribution in [0.25, 0.3) is 0 Å². The van der Waals surface area contributed by atoms with Crippen LogP contribution in [0.4, 0.5) is 13.2 Å². The van der Waals surface area contributed by atoms with Crippen LogP contribution in [0.15, 0.2) is 11.6 Å². The lowest BCUT2D eigenvalue weighted by molar-refractivity contribution is -0.0971. The van der Waals surface area contributed by atoms with E-state index in [1.54, 1.807) is 0 Å². The molecule has 0 aromatic carbocycles. The molecular weight excluding hydrogens is 253 g/mol. The first-order chi connectivity index (χ1) is 8.57. The van der Waals surface area contributed by atoms with Gasteiger partial charge in [-0.2, -0.15) is 13.2 Å². The van der Waals surface area contributed by atoms with Crippen LogP contribution in [0.2, 0.25) is 0 Å². The molecule has 0 aromatic rings. The Morgan fingerprint density at radius 2 is 1.89 bits per heavy atom. The van der Waals surface area contributed by atoms with Gasteiger partial charge >= 0.3 is 6.18 Å². The maximum absolute atomic E-state index is 12.8. The van der Waals surface area contributed by atoms with Crippen molar-refractivity contribution in [3.05, 3.63) is 11.6 Å². The van der Waals surface area contributed by atoms with E-state index in [-0.39, 0.29) is 24.0 Å². The van der Waals surface area contributed by atoms with E-state index in [0.717, 1.165) is 6.42 Å². The number of hydrogen-bond donors (Lipinski definition) is 1. The van der Waals surface area contributed by atoms with Gasteiger partial charge in [0.2, 0.25) is 0 Å². The molecule has 2 atom stereocenters. The maximum Gasteiger partial charge on any atom is 0.412 e. The Morgan fingerprint density at radius 1 is 1.32 bits per heavy atom. The van der Waals surface area contributed by atoms with Crippen molar-refractivity contribution < 1.29 is 13.2 Å². The van der Waals surface area contributed by atoms with E-state index in [9.17, 15) is 13.2 Å². The van der Waals surface area contributed by atoms with Crippen LogP contribution < -0.4 is 5.32 Å². The highest BCUT2D eigenvalue weighted by Gasteiger charge is 2.40. The van der Waals surface area contributed by atoms with Gasteiger partial charge in [-0.25, -0.2) is 0 Å². The minimum atomic E-state index is -4.20. The zero-order valence-corrected chi connectivity index (χ0v) is 12.4. The molecule has 0 bridgehead atoms. The molecule has 0 aliphatic heterocycles. The first-order valence-corrected chi connectivity index (χ1v) is 6.77. The summed E-state index contributed by atoms with van der Waals surface area (Å²) in [6.45, 7) is 6.11. The average molecular weight is 278 g/mol. The average Bonchev–Trinajstić information content (AvgIpc) is 2.27. The second kappa shape index (κ2) is 5.83. The summed E-state index contributed by atoms with van der Waals surface area (Å²) in [5.41, 5.74) is -0.539. The number of alkyl halides is 3. The monoisotopic (exact) mass is 278 g/mol. The molecule has 0 unspecified atom stereocenters. The van der Waals surface area contributed by atoms with E-state index >= 15 is 0 Å². The summed E-state index contributed by atoms with van der Waals surface area (Å²) in [5.74, 6) is 0. The zero-order valence-electron chi connectivity index (χ0n) is 12.4. The molecule has 0 saturated heterocycles. The van der Waals surface area contributed by atoms with Crippen molar-refractivity contribution >= 4 is 0 Å². The van der Waals surface area contributed by atoms with Crippen LogP contribution in [-0.2, 0) is 0 Å². The third-order valence-electron chi connectivity index (χ3n) is 4.00. The quantitative estimate of drug-likeness (QED) is 0.793. The van der Waals surface area contributed by atoms with E-state index < -0.39 is 11.7 Å². The van der Waals surface area contributed by atoms with Gasteiger partial charge < -0.3 is 10.2 Å². The van der Waals surface area contributed by atoms with Gasteiger partial charge in [0.25, 0.3) is 0 Å². The van der Waals surface area contributed by atoms with Crippen LogP contribution in [0, 0.1) is 0 Å². The molecule has 0 spiro atoms. The molecule has 1 aliphatic rings. The van der Waals surface area contributed by atoms with E-state index in [1.165, 1.54) is 6.08 Å². The molecule has 1 aliphatic carbocycles. The maximum atomic E-state index is 12.8. The highest BCUT2D eigenvalue weighted by Crippen LogP contribution is 2.35. The molecule has 112 valence electrons. The summed E-state index contributed by atoms with van der Waals surface area (Å²) in [6, 6.07) is -0.0523. The van der Waals surface area contributed by atoms with Gasteiger partial charge in [-0.1, -0.05) is 13.0 Å². The number of halogens is 3. The lowest BCUT2D eigenvalue weighted by Crippen LogP contribution is -2.56. The number of nitrogens with one attached hydrogen (secondary N) is 1. The fourth-order valence-corrected chi connectivity index (χ4v) is 2.44. The molecule has 19 heavy (non-hydrogen) atoms. The molecule has 1 rings (SSSR count). The minimum Gasteiger partial charge on any atom is -0.307 e. The van der Waals surface area contributed by atoms with Crippen molar-refractivity contribution in [2.24, 2.45) is 0 Å². The molecule has 0 fully saturated rings. The lowest BCUT2D eigenvalue weighted by Gasteiger charge is -2.41. The van der Waals surface area contributed by atoms with Crippen molar-refractivity contribution in [1.82, 2.24) is 10.2 Å². The summed E-state index contributed by atoms with van der Waals surface area (Å²) in [5, 5.41) is 3.40. The highest BCUT2D eigenvalue weighted by atomic mass is 19.4. The Bertz CT molecular complexity index is 332. The number of rotatable bonds is 4. The van der Waals surface area contributed by atoms with Crippen LogP contribution >= 0.6 is 0 Å². The Hall–Kier alpha value is -0.550. The second-order valence-corrected chi connectivity index (χ2v) is 6.19. The number of hydrogen-bond acceptors (Lipinski definition) is 2. The number of likely N-dealkylation sites (N-methyl/N-ethyl adjacent to an activating group) is 1. The summed E-state index contributed by atoms with van der Waals surface area (Å²) in [6.07, 6.45) is -1.47. The summed E-state index contributed by atoms with van der Waals surface area (Å²) >= 11 is 0. The predicted molar refractivity (Wildman–Crippen MR) is 72.1 cm³/mol. The largest absolute Gasteiger partial charge is 0.412 e. The van der Waals surface area contributed by atoms with E-state index in [1.807, 2.05) is 39.8 Å². The van der Waals surface area contributed by atoms with Gasteiger partial charge in [0.15, 0.2) is 0 Å². The number of nitrogens with zero attached hydrogens (tertiary/aromatic N) is 1. The SMILES string of the molecule is CCC(C)(C)N[C@@H]1CC(C(F)(F)F)=CC[C@H]1N(C)C. The molecule has 2 nitrogen and oxygen atoms in total. The van der Waals surface area contributed by atoms with Crippen molar-refractivity contribution in [2.45, 2.75) is 63.8 Å². The van der Waals surface area contributed by atoms with Gasteiger partial charge in [0.05, 0.1) is 0 Å². The lowest BCUT2D eigenvalue weighted by atomic mass is 9.86. The van der Waals surface area contributed by atoms with Gasteiger partial charge in [-0.05, 0) is 47.2 Å². The fourth-order valence-electron chi connectivity index (χ4n) is 2.44. The molecule has 0 saturated carbocycles. The van der Waals surface area contributed by atoms with Crippen molar-refractivity contribution in [3.8, 4) is 0 Å². The van der Waals surface area contributed by atoms with Crippen LogP contribution in [0.3, 0.4) is 0 Å². The zero-order chi connectivity index (χ0) is 14.8. The molecule has 5 heteroatoms. The van der Waals surface area contributed by atoms with Crippen molar-refractivity contribution in [3.63, 3.8) is 0 Å². The topological polar surface area (TPSA) is 15.3 Å². The first kappa shape index (κ1) is 16.5. The Balaban J connectivity index is 2.89. The van der Waals surface area contributed by atoms with Gasteiger partial charge in [-0.15, -0.1) is 0 Å². The van der Waals surface area contributed by atoms with E-state index in [4.69, 9.17) is 0 Å². The van der Waals surface area contributed by atoms with E-state index in [2.05, 4.69) is 5.32 Å². The molecule has 0 amide bonds. The fraction of sp³-hybridized carbons (Fsp3) is 0.857. The van der Waals surface area contributed by atoms with Gasteiger partial charge in [0.1, 0.15) is 0 Å². The van der Waals surface area contributed by atoms with Crippen LogP contribution in [0.5, 0.6) is 0 Å². The normalized spacial score (nSPS) is 25.6. The first-order valence-electron chi connectivity index (χ1n) is 6.77. The van der Waals surface area contributed by atoms with E-state index in [0.29, 0.717) is 6.42 Å². The molecule has 0 heterocycles. The Kier molecular flexibility index (Phi) is 5.07. The third-order valence-corrected chi connectivity index (χ3v) is 4.00. The smallest absolute Gasteiger partial charge is 0.307 e. The third kappa shape index (κ3) is 4.49. The predicted octanol–water partition coefficient (Wildman–Crippen LogP) is 3.35. The van der Waals surface area contributed by atoms with Gasteiger partial charge in [0, 0.05) is 23.2 Å². The highest BCUT2D eigenvalue weighted by molar-refractivity contribution is 5.17. The summed E-state index contributed by atoms with van der Waals surface area (Å²) in [4.78, 5) is 2.01. The molecular formula is C14H25F3N2. The summed E-state index contributed by atoms with van der Waals surface area (Å²) < 4.78 is 38.5. The molecule has 0 aromatic heterocycles. The summed E-state index contributed by atoms with van der Waals surface area (Å²) in [7, 11) is 3.84. The molecule has 1 N–H and O–H groups in total. The molecule has 0 radical (unpaired) electrons. The Morgan fingerprint density at radius 3 is 2.32 bits per heavy atom. The second-order valence-electron chi connectivity index (χ2n) is 6.19. The van der Waals surface area contributed by atoms with Gasteiger partial charge in [-0.3, -0.25) is 0 Å². The van der Waals surface area contributed by atoms with Crippen molar-refractivity contribution in [1.29, 1.82) is 0 Å². The van der Waals surface area contributed by atoms with Crippen molar-refractivity contribution in [2.75, 3.05) is 14.1 Å². The van der Waals surface area contributed by atoms with Crippen LogP contribution in [-0.4, -0.2) is 42.8 Å². The van der Waals surface area contributed by atoms with Crippen LogP contribution in [0.1, 0.15) is 40.0 Å². The minimum absolute atomic E-state index is 0.0514. The standard InChI is InChI=1S/C14H25F3N2/c1-6-13(2,3)18-11-9-10(14(15,16)17)7-8-12(11)19(4)5/h7,11-12,18H,6,8-9H2,1-5H3/t11-,12-/m1/s1. The Labute approximate surface area is 114 Å².